The Balaban J connectivity index is 2.25. The van der Waals surface area contributed by atoms with E-state index < -0.39 is 0 Å². The molecule has 0 atom stereocenters. The van der Waals surface area contributed by atoms with Crippen molar-refractivity contribution in [1.29, 1.82) is 5.26 Å². The van der Waals surface area contributed by atoms with E-state index in [2.05, 4.69) is 11.1 Å². The molecule has 1 aromatic carbocycles. The third-order valence-corrected chi connectivity index (χ3v) is 3.12. The molecule has 0 aliphatic heterocycles. The average molecular weight is 267 g/mol. The van der Waals surface area contributed by atoms with Crippen molar-refractivity contribution in [1.82, 2.24) is 4.98 Å². The summed E-state index contributed by atoms with van der Waals surface area (Å²) < 4.78 is 0. The molecule has 1 N–H and O–H groups in total. The number of pyridine rings is 1. The first-order valence-corrected chi connectivity index (χ1v) is 6.41. The van der Waals surface area contributed by atoms with Crippen LogP contribution in [0.1, 0.15) is 22.5 Å². The van der Waals surface area contributed by atoms with Crippen LogP contribution in [0.5, 0.6) is 0 Å². The highest BCUT2D eigenvalue weighted by atomic mass is 16.3. The van der Waals surface area contributed by atoms with E-state index in [4.69, 9.17) is 5.11 Å². The summed E-state index contributed by atoms with van der Waals surface area (Å²) in [6.07, 6.45) is 0. The van der Waals surface area contributed by atoms with Gasteiger partial charge in [0.25, 0.3) is 0 Å². The molecule has 4 heteroatoms. The van der Waals surface area contributed by atoms with Crippen LogP contribution in [0.4, 0.5) is 5.69 Å². The molecule has 0 fully saturated rings. The van der Waals surface area contributed by atoms with Gasteiger partial charge in [-0.15, -0.1) is 0 Å². The fourth-order valence-corrected chi connectivity index (χ4v) is 2.12. The van der Waals surface area contributed by atoms with E-state index in [1.807, 2.05) is 49.2 Å². The van der Waals surface area contributed by atoms with E-state index in [-0.39, 0.29) is 6.61 Å². The molecule has 0 aliphatic carbocycles. The van der Waals surface area contributed by atoms with Gasteiger partial charge in [-0.05, 0) is 36.8 Å². The van der Waals surface area contributed by atoms with E-state index in [1.54, 1.807) is 6.07 Å². The molecular weight excluding hydrogens is 250 g/mol. The number of aliphatic hydroxyl groups is 1. The van der Waals surface area contributed by atoms with Gasteiger partial charge in [0.1, 0.15) is 6.07 Å². The predicted octanol–water partition coefficient (Wildman–Crippen LogP) is 2.39. The number of nitriles is 1. The lowest BCUT2D eigenvalue weighted by Crippen LogP contribution is -2.18. The van der Waals surface area contributed by atoms with E-state index in [0.29, 0.717) is 12.1 Å². The first kappa shape index (κ1) is 14.0. The van der Waals surface area contributed by atoms with Gasteiger partial charge in [-0.1, -0.05) is 12.1 Å². The maximum atomic E-state index is 9.22. The third-order valence-electron chi connectivity index (χ3n) is 3.12. The Kier molecular flexibility index (Phi) is 4.34. The number of hydrogen-bond acceptors (Lipinski definition) is 4. The molecule has 102 valence electrons. The van der Waals surface area contributed by atoms with Crippen molar-refractivity contribution in [3.63, 3.8) is 0 Å². The summed E-state index contributed by atoms with van der Waals surface area (Å²) in [5.41, 5.74) is 4.08. The number of aromatic nitrogens is 1. The molecule has 1 heterocycles. The molecular formula is C16H17N3O. The zero-order valence-electron chi connectivity index (χ0n) is 11.7. The average Bonchev–Trinajstić information content (AvgIpc) is 2.46. The lowest BCUT2D eigenvalue weighted by molar-refractivity contribution is 0.282. The molecule has 20 heavy (non-hydrogen) atoms. The van der Waals surface area contributed by atoms with Crippen molar-refractivity contribution in [2.75, 3.05) is 11.9 Å². The quantitative estimate of drug-likeness (QED) is 0.924. The van der Waals surface area contributed by atoms with Gasteiger partial charge in [0, 0.05) is 12.7 Å². The van der Waals surface area contributed by atoms with Crippen LogP contribution in [0.2, 0.25) is 0 Å². The van der Waals surface area contributed by atoms with Crippen LogP contribution >= 0.6 is 0 Å². The summed E-state index contributed by atoms with van der Waals surface area (Å²) in [7, 11) is 1.93. The minimum absolute atomic E-state index is 0.0574. The lowest BCUT2D eigenvalue weighted by Gasteiger charge is -2.20. The molecule has 4 nitrogen and oxygen atoms in total. The van der Waals surface area contributed by atoms with Crippen molar-refractivity contribution in [3.05, 3.63) is 58.9 Å². The number of aliphatic hydroxyl groups excluding tert-OH is 1. The Morgan fingerprint density at radius 2 is 2.10 bits per heavy atom. The number of anilines is 1. The number of aryl methyl sites for hydroxylation is 1. The van der Waals surface area contributed by atoms with Gasteiger partial charge in [-0.3, -0.25) is 4.98 Å². The van der Waals surface area contributed by atoms with Crippen LogP contribution in [-0.4, -0.2) is 17.1 Å². The summed E-state index contributed by atoms with van der Waals surface area (Å²) in [4.78, 5) is 6.45. The summed E-state index contributed by atoms with van der Waals surface area (Å²) in [6, 6.07) is 13.5. The second-order valence-electron chi connectivity index (χ2n) is 4.75. The molecule has 2 rings (SSSR count). The first-order chi connectivity index (χ1) is 9.63. The third kappa shape index (κ3) is 3.14. The van der Waals surface area contributed by atoms with E-state index in [0.717, 1.165) is 22.6 Å². The number of rotatable bonds is 4. The van der Waals surface area contributed by atoms with Crippen LogP contribution in [0.15, 0.2) is 36.4 Å². The van der Waals surface area contributed by atoms with Crippen molar-refractivity contribution in [3.8, 4) is 6.07 Å². The molecule has 0 saturated heterocycles. The Morgan fingerprint density at radius 3 is 2.75 bits per heavy atom. The van der Waals surface area contributed by atoms with Crippen molar-refractivity contribution < 1.29 is 5.11 Å². The minimum Gasteiger partial charge on any atom is -0.392 e. The molecule has 1 aromatic heterocycles. The summed E-state index contributed by atoms with van der Waals surface area (Å²) in [6.45, 7) is 2.53. The zero-order valence-corrected chi connectivity index (χ0v) is 11.7. The molecule has 0 unspecified atom stereocenters. The topological polar surface area (TPSA) is 60.1 Å². The van der Waals surface area contributed by atoms with Crippen molar-refractivity contribution >= 4 is 5.69 Å². The second-order valence-corrected chi connectivity index (χ2v) is 4.75. The first-order valence-electron chi connectivity index (χ1n) is 6.41. The van der Waals surface area contributed by atoms with Gasteiger partial charge < -0.3 is 10.0 Å². The highest BCUT2D eigenvalue weighted by molar-refractivity contribution is 5.60. The Morgan fingerprint density at radius 1 is 1.30 bits per heavy atom. The van der Waals surface area contributed by atoms with Crippen LogP contribution in [0.25, 0.3) is 0 Å². The molecule has 2 aromatic rings. The van der Waals surface area contributed by atoms with E-state index in [9.17, 15) is 5.26 Å². The lowest BCUT2D eigenvalue weighted by atomic mass is 10.1. The highest BCUT2D eigenvalue weighted by Gasteiger charge is 2.09. The number of nitrogens with zero attached hydrogens (tertiary/aromatic N) is 3. The molecule has 0 bridgehead atoms. The van der Waals surface area contributed by atoms with Crippen molar-refractivity contribution in [2.45, 2.75) is 20.1 Å². The standard InChI is InChI=1S/C16H17N3O/c1-12-4-3-5-15(18-12)10-19(2)16-7-6-13(11-20)8-14(16)9-17/h3-8,20H,10-11H2,1-2H3. The Labute approximate surface area is 118 Å². The highest BCUT2D eigenvalue weighted by Crippen LogP contribution is 2.22. The molecule has 0 spiro atoms. The fourth-order valence-electron chi connectivity index (χ4n) is 2.12. The number of hydrogen-bond donors (Lipinski definition) is 1. The molecule has 0 radical (unpaired) electrons. The number of benzene rings is 1. The van der Waals surface area contributed by atoms with E-state index in [1.165, 1.54) is 0 Å². The van der Waals surface area contributed by atoms with Gasteiger partial charge >= 0.3 is 0 Å². The zero-order chi connectivity index (χ0) is 14.5. The SMILES string of the molecule is Cc1cccc(CN(C)c2ccc(CO)cc2C#N)n1. The summed E-state index contributed by atoms with van der Waals surface area (Å²) in [5.74, 6) is 0. The van der Waals surface area contributed by atoms with Crippen molar-refractivity contribution in [2.24, 2.45) is 0 Å². The van der Waals surface area contributed by atoms with Gasteiger partial charge in [-0.25, -0.2) is 0 Å². The van der Waals surface area contributed by atoms with Gasteiger partial charge in [0.05, 0.1) is 30.1 Å². The Bertz CT molecular complexity index is 646. The molecule has 0 saturated carbocycles. The van der Waals surface area contributed by atoms with Crippen LogP contribution < -0.4 is 4.90 Å². The van der Waals surface area contributed by atoms with Crippen LogP contribution in [-0.2, 0) is 13.2 Å². The maximum absolute atomic E-state index is 9.22. The molecule has 0 amide bonds. The van der Waals surface area contributed by atoms with Gasteiger partial charge in [0.2, 0.25) is 0 Å². The van der Waals surface area contributed by atoms with Crippen LogP contribution in [0, 0.1) is 18.3 Å². The van der Waals surface area contributed by atoms with E-state index >= 15 is 0 Å². The summed E-state index contributed by atoms with van der Waals surface area (Å²) >= 11 is 0. The maximum Gasteiger partial charge on any atom is 0.101 e. The Hall–Kier alpha value is -2.38. The van der Waals surface area contributed by atoms with Gasteiger partial charge in [-0.2, -0.15) is 5.26 Å². The monoisotopic (exact) mass is 267 g/mol. The largest absolute Gasteiger partial charge is 0.392 e. The summed E-state index contributed by atoms with van der Waals surface area (Å²) in [5, 5.41) is 18.3. The van der Waals surface area contributed by atoms with Gasteiger partial charge in [0.15, 0.2) is 0 Å². The minimum atomic E-state index is -0.0574. The smallest absolute Gasteiger partial charge is 0.101 e. The molecule has 0 aliphatic rings. The fraction of sp³-hybridized carbons (Fsp3) is 0.250. The van der Waals surface area contributed by atoms with Crippen LogP contribution in [0.3, 0.4) is 0 Å². The predicted molar refractivity (Wildman–Crippen MR) is 78.2 cm³/mol. The normalized spacial score (nSPS) is 10.1. The second kappa shape index (κ2) is 6.18.